The topological polar surface area (TPSA) is 107 Å². The summed E-state index contributed by atoms with van der Waals surface area (Å²) in [5, 5.41) is 24.7. The van der Waals surface area contributed by atoms with E-state index in [0.29, 0.717) is 16.7 Å². The molecule has 1 atom stereocenters. The monoisotopic (exact) mass is 477 g/mol. The van der Waals surface area contributed by atoms with E-state index in [4.69, 9.17) is 9.84 Å². The van der Waals surface area contributed by atoms with Crippen LogP contribution in [0.3, 0.4) is 0 Å². The van der Waals surface area contributed by atoms with Gasteiger partial charge >= 0.3 is 12.3 Å². The first kappa shape index (κ1) is 24.7. The van der Waals surface area contributed by atoms with Crippen LogP contribution in [0.5, 0.6) is 5.75 Å². The van der Waals surface area contributed by atoms with Gasteiger partial charge in [0.15, 0.2) is 0 Å². The minimum absolute atomic E-state index is 0.0202. The number of hydrogen-bond acceptors (Lipinski definition) is 5. The standard InChI is InChI=1S/C23H22F3N3O5/c1-22(2,3)19(18-10-17(29(32)33)8-9-20(18)34-21(30)31)13-28-12-15(11-27-28)14-4-6-16(7-5-14)23(24,25)26/h4-12,19H,13H2,1-3H3,(H,30,31). The number of non-ortho nitro benzene ring substituents is 1. The molecule has 3 rings (SSSR count). The molecule has 0 spiro atoms. The maximum atomic E-state index is 12.8. The van der Waals surface area contributed by atoms with Gasteiger partial charge in [0.05, 0.1) is 16.7 Å². The Morgan fingerprint density at radius 2 is 1.79 bits per heavy atom. The molecule has 1 N–H and O–H groups in total. The summed E-state index contributed by atoms with van der Waals surface area (Å²) >= 11 is 0. The molecule has 0 aliphatic heterocycles. The Kier molecular flexibility index (Phi) is 6.67. The summed E-state index contributed by atoms with van der Waals surface area (Å²) in [7, 11) is 0. The molecular formula is C23H22F3N3O5. The Morgan fingerprint density at radius 3 is 2.32 bits per heavy atom. The molecule has 1 unspecified atom stereocenters. The number of nitro groups is 1. The lowest BCUT2D eigenvalue weighted by molar-refractivity contribution is -0.385. The zero-order valence-corrected chi connectivity index (χ0v) is 18.5. The van der Waals surface area contributed by atoms with Crippen LogP contribution in [0.1, 0.15) is 37.8 Å². The van der Waals surface area contributed by atoms with Crippen molar-refractivity contribution in [3.63, 3.8) is 0 Å². The van der Waals surface area contributed by atoms with Crippen LogP contribution < -0.4 is 4.74 Å². The van der Waals surface area contributed by atoms with Crippen LogP contribution in [0.2, 0.25) is 0 Å². The number of hydrogen-bond donors (Lipinski definition) is 1. The number of nitrogens with zero attached hydrogens (tertiary/aromatic N) is 3. The molecule has 3 aromatic rings. The summed E-state index contributed by atoms with van der Waals surface area (Å²) in [5.74, 6) is -0.477. The van der Waals surface area contributed by atoms with Gasteiger partial charge in [-0.1, -0.05) is 32.9 Å². The van der Waals surface area contributed by atoms with Crippen molar-refractivity contribution < 1.29 is 32.7 Å². The summed E-state index contributed by atoms with van der Waals surface area (Å²) in [6.45, 7) is 5.88. The second-order valence-corrected chi connectivity index (χ2v) is 8.79. The van der Waals surface area contributed by atoms with Gasteiger partial charge in [-0.05, 0) is 29.2 Å². The van der Waals surface area contributed by atoms with E-state index in [1.165, 1.54) is 30.5 Å². The SMILES string of the molecule is CC(C)(C)C(Cn1cc(-c2ccc(C(F)(F)F)cc2)cn1)c1cc([N+](=O)[O-])ccc1OC(=O)O. The molecule has 0 fully saturated rings. The molecule has 0 saturated carbocycles. The van der Waals surface area contributed by atoms with E-state index >= 15 is 0 Å². The zero-order chi connectivity index (χ0) is 25.3. The maximum absolute atomic E-state index is 12.8. The predicted octanol–water partition coefficient (Wildman–Crippen LogP) is 6.36. The van der Waals surface area contributed by atoms with E-state index in [1.54, 1.807) is 10.9 Å². The Morgan fingerprint density at radius 1 is 1.15 bits per heavy atom. The van der Waals surface area contributed by atoms with Crippen molar-refractivity contribution in [2.24, 2.45) is 5.41 Å². The summed E-state index contributed by atoms with van der Waals surface area (Å²) < 4.78 is 44.9. The Labute approximate surface area is 192 Å². The average molecular weight is 477 g/mol. The van der Waals surface area contributed by atoms with Crippen molar-refractivity contribution in [2.45, 2.75) is 39.4 Å². The molecular weight excluding hydrogens is 455 g/mol. The molecule has 0 amide bonds. The van der Waals surface area contributed by atoms with Crippen molar-refractivity contribution in [1.29, 1.82) is 0 Å². The third kappa shape index (κ3) is 5.72. The Balaban J connectivity index is 1.96. The van der Waals surface area contributed by atoms with Crippen LogP contribution in [-0.2, 0) is 12.7 Å². The fourth-order valence-electron chi connectivity index (χ4n) is 3.60. The van der Waals surface area contributed by atoms with Crippen LogP contribution in [0.25, 0.3) is 11.1 Å². The minimum atomic E-state index is -4.43. The van der Waals surface area contributed by atoms with Crippen LogP contribution in [0, 0.1) is 15.5 Å². The molecule has 0 aliphatic rings. The number of ether oxygens (including phenoxy) is 1. The summed E-state index contributed by atoms with van der Waals surface area (Å²) in [5.41, 5.74) is -0.0114. The van der Waals surface area contributed by atoms with Crippen molar-refractivity contribution in [1.82, 2.24) is 9.78 Å². The molecule has 1 heterocycles. The molecule has 180 valence electrons. The second kappa shape index (κ2) is 9.16. The highest BCUT2D eigenvalue weighted by atomic mass is 19.4. The van der Waals surface area contributed by atoms with Crippen LogP contribution in [0.15, 0.2) is 54.9 Å². The molecule has 0 radical (unpaired) electrons. The van der Waals surface area contributed by atoms with Gasteiger partial charge in [0.1, 0.15) is 5.75 Å². The first-order valence-corrected chi connectivity index (χ1v) is 10.1. The van der Waals surface area contributed by atoms with Gasteiger partial charge < -0.3 is 9.84 Å². The number of carbonyl (C=O) groups is 1. The molecule has 11 heteroatoms. The third-order valence-corrected chi connectivity index (χ3v) is 5.37. The number of rotatable bonds is 6. The molecule has 8 nitrogen and oxygen atoms in total. The fourth-order valence-corrected chi connectivity index (χ4v) is 3.60. The third-order valence-electron chi connectivity index (χ3n) is 5.37. The molecule has 1 aromatic heterocycles. The smallest absolute Gasteiger partial charge is 0.449 e. The highest BCUT2D eigenvalue weighted by molar-refractivity contribution is 5.63. The molecule has 2 aromatic carbocycles. The summed E-state index contributed by atoms with van der Waals surface area (Å²) in [6.07, 6.45) is -2.83. The number of carboxylic acid groups (broad SMARTS) is 1. The quantitative estimate of drug-likeness (QED) is 0.191. The molecule has 0 bridgehead atoms. The number of benzene rings is 2. The van der Waals surface area contributed by atoms with E-state index in [2.05, 4.69) is 5.10 Å². The van der Waals surface area contributed by atoms with Crippen LogP contribution in [0.4, 0.5) is 23.7 Å². The lowest BCUT2D eigenvalue weighted by Crippen LogP contribution is -2.25. The van der Waals surface area contributed by atoms with Gasteiger partial charge in [0.25, 0.3) is 5.69 Å². The van der Waals surface area contributed by atoms with Gasteiger partial charge in [-0.2, -0.15) is 18.3 Å². The first-order valence-electron chi connectivity index (χ1n) is 10.1. The Hall–Kier alpha value is -3.89. The highest BCUT2D eigenvalue weighted by Crippen LogP contribution is 2.42. The molecule has 34 heavy (non-hydrogen) atoms. The van der Waals surface area contributed by atoms with Gasteiger partial charge in [0.2, 0.25) is 0 Å². The molecule has 0 saturated heterocycles. The minimum Gasteiger partial charge on any atom is -0.449 e. The predicted molar refractivity (Wildman–Crippen MR) is 117 cm³/mol. The normalized spacial score (nSPS) is 12.9. The Bertz CT molecular complexity index is 1200. The van der Waals surface area contributed by atoms with Crippen molar-refractivity contribution in [2.75, 3.05) is 0 Å². The summed E-state index contributed by atoms with van der Waals surface area (Å²) in [6, 6.07) is 8.38. The van der Waals surface area contributed by atoms with E-state index in [-0.39, 0.29) is 18.0 Å². The van der Waals surface area contributed by atoms with Crippen LogP contribution in [-0.4, -0.2) is 26.0 Å². The number of alkyl halides is 3. The number of aromatic nitrogens is 2. The maximum Gasteiger partial charge on any atom is 0.511 e. The van der Waals surface area contributed by atoms with Crippen molar-refractivity contribution in [3.8, 4) is 16.9 Å². The van der Waals surface area contributed by atoms with E-state index in [9.17, 15) is 28.1 Å². The number of nitro benzene ring substituents is 1. The van der Waals surface area contributed by atoms with Gasteiger partial charge in [-0.15, -0.1) is 0 Å². The van der Waals surface area contributed by atoms with Gasteiger partial charge in [0, 0.05) is 41.9 Å². The van der Waals surface area contributed by atoms with Crippen molar-refractivity contribution in [3.05, 3.63) is 76.1 Å². The van der Waals surface area contributed by atoms with Gasteiger partial charge in [-0.3, -0.25) is 14.8 Å². The first-order chi connectivity index (χ1) is 15.8. The number of halogens is 3. The zero-order valence-electron chi connectivity index (χ0n) is 18.5. The van der Waals surface area contributed by atoms with E-state index in [0.717, 1.165) is 18.2 Å². The van der Waals surface area contributed by atoms with E-state index in [1.807, 2.05) is 20.8 Å². The van der Waals surface area contributed by atoms with E-state index < -0.39 is 34.2 Å². The van der Waals surface area contributed by atoms with Gasteiger partial charge in [-0.25, -0.2) is 4.79 Å². The summed E-state index contributed by atoms with van der Waals surface area (Å²) in [4.78, 5) is 21.9. The highest BCUT2D eigenvalue weighted by Gasteiger charge is 2.32. The largest absolute Gasteiger partial charge is 0.511 e. The lowest BCUT2D eigenvalue weighted by atomic mass is 9.76. The molecule has 0 aliphatic carbocycles. The second-order valence-electron chi connectivity index (χ2n) is 8.79. The average Bonchev–Trinajstić information content (AvgIpc) is 3.19. The van der Waals surface area contributed by atoms with Crippen molar-refractivity contribution >= 4 is 11.8 Å². The fraction of sp³-hybridized carbons (Fsp3) is 0.304. The van der Waals surface area contributed by atoms with Crippen LogP contribution >= 0.6 is 0 Å². The lowest BCUT2D eigenvalue weighted by Gasteiger charge is -2.32.